The minimum absolute atomic E-state index is 0.160. The van der Waals surface area contributed by atoms with E-state index in [0.29, 0.717) is 22.9 Å². The molecule has 9 nitrogen and oxygen atoms in total. The molecule has 4 aromatic carbocycles. The van der Waals surface area contributed by atoms with Crippen molar-refractivity contribution in [2.45, 2.75) is 76.0 Å². The second-order valence-electron chi connectivity index (χ2n) is 14.1. The largest absolute Gasteiger partial charge is 0.489 e. The van der Waals surface area contributed by atoms with Crippen LogP contribution in [0, 0.1) is 13.8 Å². The van der Waals surface area contributed by atoms with Gasteiger partial charge in [0.15, 0.2) is 0 Å². The molecule has 0 saturated heterocycles. The molecular formula is C38H48N2O7S2. The summed E-state index contributed by atoms with van der Waals surface area (Å²) in [6.07, 6.45) is 0. The van der Waals surface area contributed by atoms with Crippen molar-refractivity contribution in [3.63, 3.8) is 0 Å². The fourth-order valence-corrected chi connectivity index (χ4v) is 6.89. The molecule has 0 fully saturated rings. The number of benzene rings is 4. The van der Waals surface area contributed by atoms with Crippen LogP contribution in [0.25, 0.3) is 0 Å². The van der Waals surface area contributed by atoms with Crippen LogP contribution in [-0.2, 0) is 35.6 Å². The molecule has 11 heteroatoms. The summed E-state index contributed by atoms with van der Waals surface area (Å²) in [6.45, 7) is 16.9. The first kappa shape index (κ1) is 37.8. The molecular weight excluding hydrogens is 661 g/mol. The molecule has 0 saturated carbocycles. The topological polar surface area (TPSA) is 120 Å². The molecule has 0 aliphatic rings. The molecule has 4 aromatic rings. The number of nitrogens with one attached hydrogen (secondary N) is 2. The lowest BCUT2D eigenvalue weighted by molar-refractivity contribution is 0.0767. The highest BCUT2D eigenvalue weighted by Gasteiger charge is 2.22. The maximum Gasteiger partial charge on any atom is 0.262 e. The van der Waals surface area contributed by atoms with Crippen molar-refractivity contribution in [1.29, 1.82) is 0 Å². The molecule has 2 N–H and O–H groups in total. The first-order valence-electron chi connectivity index (χ1n) is 16.2. The van der Waals surface area contributed by atoms with Crippen LogP contribution in [0.2, 0.25) is 0 Å². The van der Waals surface area contributed by atoms with E-state index < -0.39 is 20.0 Å². The van der Waals surface area contributed by atoms with Crippen molar-refractivity contribution >= 4 is 31.4 Å². The summed E-state index contributed by atoms with van der Waals surface area (Å²) in [4.78, 5) is 0.320. The van der Waals surface area contributed by atoms with Crippen molar-refractivity contribution in [3.05, 3.63) is 107 Å². The monoisotopic (exact) mass is 708 g/mol. The maximum atomic E-state index is 13.2. The van der Waals surface area contributed by atoms with Gasteiger partial charge in [-0.3, -0.25) is 9.44 Å². The van der Waals surface area contributed by atoms with Gasteiger partial charge in [-0.2, -0.15) is 0 Å². The summed E-state index contributed by atoms with van der Waals surface area (Å²) >= 11 is 0. The average molecular weight is 709 g/mol. The van der Waals surface area contributed by atoms with Gasteiger partial charge in [0.1, 0.15) is 24.7 Å². The van der Waals surface area contributed by atoms with E-state index in [-0.39, 0.29) is 47.0 Å². The van der Waals surface area contributed by atoms with Gasteiger partial charge in [0, 0.05) is 0 Å². The van der Waals surface area contributed by atoms with Gasteiger partial charge in [-0.25, -0.2) is 16.8 Å². The predicted octanol–water partition coefficient (Wildman–Crippen LogP) is 7.97. The Morgan fingerprint density at radius 3 is 1.18 bits per heavy atom. The minimum atomic E-state index is -3.85. The fraction of sp³-hybridized carbons (Fsp3) is 0.368. The van der Waals surface area contributed by atoms with Crippen molar-refractivity contribution in [2.75, 3.05) is 35.9 Å². The zero-order chi connectivity index (χ0) is 36.0. The molecule has 0 aromatic heterocycles. The molecule has 264 valence electrons. The summed E-state index contributed by atoms with van der Waals surface area (Å²) in [5, 5.41) is 0. The maximum absolute atomic E-state index is 13.2. The summed E-state index contributed by atoms with van der Waals surface area (Å²) in [7, 11) is -7.70. The predicted molar refractivity (Wildman–Crippen MR) is 196 cm³/mol. The van der Waals surface area contributed by atoms with Crippen LogP contribution in [0.5, 0.6) is 11.5 Å². The summed E-state index contributed by atoms with van der Waals surface area (Å²) in [5.74, 6) is 0.765. The van der Waals surface area contributed by atoms with E-state index in [4.69, 9.17) is 14.2 Å². The van der Waals surface area contributed by atoms with Crippen molar-refractivity contribution < 1.29 is 31.0 Å². The van der Waals surface area contributed by atoms with Gasteiger partial charge in [0.05, 0.1) is 34.4 Å². The van der Waals surface area contributed by atoms with Crippen LogP contribution in [0.1, 0.15) is 63.8 Å². The molecule has 0 heterocycles. The van der Waals surface area contributed by atoms with E-state index in [1.165, 1.54) is 0 Å². The van der Waals surface area contributed by atoms with E-state index >= 15 is 0 Å². The number of ether oxygens (including phenoxy) is 3. The average Bonchev–Trinajstić information content (AvgIpc) is 3.01. The molecule has 0 bridgehead atoms. The molecule has 0 radical (unpaired) electrons. The number of anilines is 2. The van der Waals surface area contributed by atoms with Crippen LogP contribution >= 0.6 is 0 Å². The van der Waals surface area contributed by atoms with Gasteiger partial charge in [0.25, 0.3) is 20.0 Å². The second-order valence-corrected chi connectivity index (χ2v) is 17.4. The van der Waals surface area contributed by atoms with Crippen molar-refractivity contribution in [3.8, 4) is 11.5 Å². The van der Waals surface area contributed by atoms with Gasteiger partial charge >= 0.3 is 0 Å². The number of sulfonamides is 2. The first-order chi connectivity index (χ1) is 22.8. The highest BCUT2D eigenvalue weighted by molar-refractivity contribution is 7.93. The SMILES string of the molecule is Cc1ccc(S(=O)(=O)Nc2cc(C(C)(C)C)ccc2OCCOCCOc2ccc(C(C)(C)C)cc2NS(=O)(=O)c2ccc(C)cc2)cc1. The lowest BCUT2D eigenvalue weighted by Crippen LogP contribution is -2.18. The highest BCUT2D eigenvalue weighted by atomic mass is 32.2. The van der Waals surface area contributed by atoms with Gasteiger partial charge < -0.3 is 14.2 Å². The number of hydrogen-bond donors (Lipinski definition) is 2. The number of aryl methyl sites for hydroxylation is 2. The Bertz CT molecular complexity index is 1800. The number of rotatable bonds is 14. The second kappa shape index (κ2) is 15.2. The lowest BCUT2D eigenvalue weighted by Gasteiger charge is -2.22. The van der Waals surface area contributed by atoms with Gasteiger partial charge in [-0.15, -0.1) is 0 Å². The van der Waals surface area contributed by atoms with Crippen LogP contribution in [0.15, 0.2) is 94.7 Å². The smallest absolute Gasteiger partial charge is 0.262 e. The third kappa shape index (κ3) is 10.5. The van der Waals surface area contributed by atoms with E-state index in [2.05, 4.69) is 51.0 Å². The van der Waals surface area contributed by atoms with Crippen molar-refractivity contribution in [2.24, 2.45) is 0 Å². The molecule has 0 unspecified atom stereocenters. The highest BCUT2D eigenvalue weighted by Crippen LogP contribution is 2.34. The normalized spacial score (nSPS) is 12.4. The Labute approximate surface area is 292 Å². The van der Waals surface area contributed by atoms with E-state index in [1.54, 1.807) is 72.8 Å². The van der Waals surface area contributed by atoms with E-state index in [1.807, 2.05) is 26.0 Å². The van der Waals surface area contributed by atoms with Crippen LogP contribution in [0.4, 0.5) is 11.4 Å². The van der Waals surface area contributed by atoms with Gasteiger partial charge in [-0.05, 0) is 84.3 Å². The number of hydrogen-bond acceptors (Lipinski definition) is 7. The Kier molecular flexibility index (Phi) is 11.7. The van der Waals surface area contributed by atoms with Gasteiger partial charge in [-0.1, -0.05) is 89.1 Å². The lowest BCUT2D eigenvalue weighted by atomic mass is 9.87. The molecule has 0 spiro atoms. The zero-order valence-corrected chi connectivity index (χ0v) is 31.2. The molecule has 0 aliphatic carbocycles. The Balaban J connectivity index is 1.38. The van der Waals surface area contributed by atoms with Crippen LogP contribution < -0.4 is 18.9 Å². The van der Waals surface area contributed by atoms with Crippen molar-refractivity contribution in [1.82, 2.24) is 0 Å². The standard InChI is InChI=1S/C38H48N2O7S2/c1-27-9-15-31(16-10-27)48(41,42)39-33-25-29(37(3,4)5)13-19-35(33)46-23-21-45-22-24-47-36-20-14-30(38(6,7)8)26-34(36)40-49(43,44)32-17-11-28(2)12-18-32/h9-20,25-26,39-40H,21-24H2,1-8H3. The molecule has 4 rings (SSSR count). The Morgan fingerprint density at radius 1 is 0.510 bits per heavy atom. The Hall–Kier alpha value is -4.06. The molecule has 0 aliphatic heterocycles. The molecule has 49 heavy (non-hydrogen) atoms. The summed E-state index contributed by atoms with van der Waals surface area (Å²) in [6, 6.07) is 24.3. The summed E-state index contributed by atoms with van der Waals surface area (Å²) in [5.41, 5.74) is 4.09. The fourth-order valence-electron chi connectivity index (χ4n) is 4.77. The third-order valence-electron chi connectivity index (χ3n) is 7.81. The van der Waals surface area contributed by atoms with E-state index in [9.17, 15) is 16.8 Å². The molecule has 0 amide bonds. The third-order valence-corrected chi connectivity index (χ3v) is 10.6. The van der Waals surface area contributed by atoms with Crippen LogP contribution in [0.3, 0.4) is 0 Å². The van der Waals surface area contributed by atoms with E-state index in [0.717, 1.165) is 22.3 Å². The molecule has 0 atom stereocenters. The summed E-state index contributed by atoms with van der Waals surface area (Å²) < 4.78 is 75.9. The minimum Gasteiger partial charge on any atom is -0.489 e. The van der Waals surface area contributed by atoms with Gasteiger partial charge in [0.2, 0.25) is 0 Å². The zero-order valence-electron chi connectivity index (χ0n) is 29.6. The van der Waals surface area contributed by atoms with Crippen LogP contribution in [-0.4, -0.2) is 43.3 Å². The Morgan fingerprint density at radius 2 is 0.857 bits per heavy atom. The quantitative estimate of drug-likeness (QED) is 0.128. The first-order valence-corrected chi connectivity index (χ1v) is 19.1.